The van der Waals surface area contributed by atoms with Crippen molar-refractivity contribution in [3.8, 4) is 11.8 Å². The van der Waals surface area contributed by atoms with Crippen molar-refractivity contribution in [2.45, 2.75) is 77.1 Å². The molecule has 1 aromatic heterocycles. The average Bonchev–Trinajstić information content (AvgIpc) is 3.57. The van der Waals surface area contributed by atoms with Gasteiger partial charge in [-0.3, -0.25) is 14.3 Å². The van der Waals surface area contributed by atoms with Crippen LogP contribution < -0.4 is 14.9 Å². The van der Waals surface area contributed by atoms with E-state index in [-0.39, 0.29) is 17.5 Å². The number of esters is 1. The maximum atomic E-state index is 16.5. The van der Waals surface area contributed by atoms with Crippen LogP contribution in [-0.2, 0) is 29.9 Å². The topological polar surface area (TPSA) is 157 Å². The van der Waals surface area contributed by atoms with E-state index in [2.05, 4.69) is 31.4 Å². The first kappa shape index (κ1) is 35.4. The normalized spacial score (nSPS) is 24.8. The minimum absolute atomic E-state index is 0.0527. The Labute approximate surface area is 283 Å². The van der Waals surface area contributed by atoms with Gasteiger partial charge in [0.1, 0.15) is 29.8 Å². The average molecular weight is 699 g/mol. The number of rotatable bonds is 14. The van der Waals surface area contributed by atoms with Crippen LogP contribution >= 0.6 is 19.3 Å². The second-order valence-corrected chi connectivity index (χ2v) is 14.1. The third-order valence-corrected chi connectivity index (χ3v) is 9.89. The van der Waals surface area contributed by atoms with Crippen molar-refractivity contribution in [3.05, 3.63) is 77.2 Å². The van der Waals surface area contributed by atoms with Crippen LogP contribution in [-0.4, -0.2) is 59.3 Å². The van der Waals surface area contributed by atoms with Crippen molar-refractivity contribution < 1.29 is 32.3 Å². The number of anilines is 1. The molecular formula is C33H37ClFN6O6P. The van der Waals surface area contributed by atoms with Gasteiger partial charge in [-0.1, -0.05) is 55.5 Å². The number of ether oxygens (including phenoxy) is 2. The van der Waals surface area contributed by atoms with Crippen LogP contribution in [0.15, 0.2) is 65.7 Å². The lowest BCUT2D eigenvalue weighted by Crippen LogP contribution is -2.40. The third-order valence-electron chi connectivity index (χ3n) is 8.08. The highest BCUT2D eigenvalue weighted by atomic mass is 35.5. The van der Waals surface area contributed by atoms with Crippen molar-refractivity contribution in [2.75, 3.05) is 11.9 Å². The lowest BCUT2D eigenvalue weighted by Gasteiger charge is -2.30. The molecule has 3 heterocycles. The molecule has 2 aromatic carbocycles. The Balaban J connectivity index is 1.37. The van der Waals surface area contributed by atoms with E-state index in [0.29, 0.717) is 23.7 Å². The Kier molecular flexibility index (Phi) is 11.1. The predicted octanol–water partition coefficient (Wildman–Crippen LogP) is 6.70. The van der Waals surface area contributed by atoms with Crippen LogP contribution in [0.25, 0.3) is 0 Å². The number of carbonyl (C=O) groups excluding carboxylic acids is 1. The second kappa shape index (κ2) is 15.1. The summed E-state index contributed by atoms with van der Waals surface area (Å²) in [6.07, 6.45) is -3.01. The highest BCUT2D eigenvalue weighted by Gasteiger charge is 2.58. The first-order valence-electron chi connectivity index (χ1n) is 15.5. The first-order valence-corrected chi connectivity index (χ1v) is 17.4. The maximum Gasteiger partial charge on any atom is 0.459 e. The van der Waals surface area contributed by atoms with Crippen LogP contribution in [0.1, 0.15) is 51.3 Å². The van der Waals surface area contributed by atoms with E-state index in [1.165, 1.54) is 13.1 Å². The standard InChI is InChI=1S/C33H37ClFN6O6P/c1-20(2)45-31(42)21(3)41-48(43,47-23-13-9-6-10-14-23)44-19-25-33(4,15-16-36)29(35)28(46-25)24-18-37-27-26(24)39-32(34)40-30(27)38-17-22-11-7-5-8-12-22/h5-14,18,20-21,24-25,28-29H,15,17,19H2,1-4H3,(H,41,43)(H,38,39,40)/t21-,24?,25+,28-,29?,33?,48?/m0/s1. The summed E-state index contributed by atoms with van der Waals surface area (Å²) in [6, 6.07) is 18.9. The van der Waals surface area contributed by atoms with Crippen molar-refractivity contribution >= 4 is 43.0 Å². The van der Waals surface area contributed by atoms with E-state index in [9.17, 15) is 14.6 Å². The van der Waals surface area contributed by atoms with Gasteiger partial charge in [-0.25, -0.2) is 13.9 Å². The van der Waals surface area contributed by atoms with E-state index in [0.717, 1.165) is 5.56 Å². The molecule has 4 unspecified atom stereocenters. The number of benzene rings is 2. The Hall–Kier alpha value is -3.92. The summed E-state index contributed by atoms with van der Waals surface area (Å²) in [5.74, 6) is -0.848. The molecule has 48 heavy (non-hydrogen) atoms. The minimum Gasteiger partial charge on any atom is -0.462 e. The van der Waals surface area contributed by atoms with Gasteiger partial charge in [-0.15, -0.1) is 0 Å². The number of hydrogen-bond donors (Lipinski definition) is 2. The van der Waals surface area contributed by atoms with Crippen LogP contribution in [0.5, 0.6) is 5.75 Å². The van der Waals surface area contributed by atoms with E-state index < -0.39 is 62.2 Å². The van der Waals surface area contributed by atoms with Crippen LogP contribution in [0, 0.1) is 16.7 Å². The Bertz CT molecular complexity index is 1710. The molecule has 0 spiro atoms. The van der Waals surface area contributed by atoms with Gasteiger partial charge in [0.15, 0.2) is 5.82 Å². The van der Waals surface area contributed by atoms with Crippen molar-refractivity contribution in [3.63, 3.8) is 0 Å². The molecule has 12 nitrogen and oxygen atoms in total. The quantitative estimate of drug-likeness (QED) is 0.105. The molecule has 0 aliphatic carbocycles. The zero-order valence-corrected chi connectivity index (χ0v) is 28.5. The molecule has 0 amide bonds. The summed E-state index contributed by atoms with van der Waals surface area (Å²) < 4.78 is 53.7. The van der Waals surface area contributed by atoms with E-state index in [1.54, 1.807) is 51.1 Å². The maximum absolute atomic E-state index is 16.5. The molecule has 254 valence electrons. The van der Waals surface area contributed by atoms with Crippen LogP contribution in [0.3, 0.4) is 0 Å². The molecule has 2 aliphatic rings. The molecule has 2 N–H and O–H groups in total. The molecule has 5 rings (SSSR count). The lowest BCUT2D eigenvalue weighted by molar-refractivity contribution is -0.149. The molecule has 15 heteroatoms. The highest BCUT2D eigenvalue weighted by molar-refractivity contribution is 7.52. The van der Waals surface area contributed by atoms with Crippen molar-refractivity contribution in [2.24, 2.45) is 10.4 Å². The highest BCUT2D eigenvalue weighted by Crippen LogP contribution is 2.52. The van der Waals surface area contributed by atoms with Crippen LogP contribution in [0.4, 0.5) is 15.9 Å². The van der Waals surface area contributed by atoms with Gasteiger partial charge < -0.3 is 19.3 Å². The number of nitriles is 1. The molecule has 3 aromatic rings. The molecule has 7 atom stereocenters. The zero-order chi connectivity index (χ0) is 34.5. The lowest BCUT2D eigenvalue weighted by atomic mass is 9.76. The monoisotopic (exact) mass is 698 g/mol. The summed E-state index contributed by atoms with van der Waals surface area (Å²) in [7, 11) is -4.30. The van der Waals surface area contributed by atoms with Gasteiger partial charge in [0.2, 0.25) is 5.28 Å². The Morgan fingerprint density at radius 3 is 2.50 bits per heavy atom. The van der Waals surface area contributed by atoms with Gasteiger partial charge in [-0.2, -0.15) is 15.3 Å². The number of para-hydroxylation sites is 1. The van der Waals surface area contributed by atoms with E-state index >= 15 is 4.39 Å². The van der Waals surface area contributed by atoms with Crippen LogP contribution in [0.2, 0.25) is 5.28 Å². The zero-order valence-electron chi connectivity index (χ0n) is 26.9. The summed E-state index contributed by atoms with van der Waals surface area (Å²) in [5.41, 5.74) is 0.397. The molecule has 0 radical (unpaired) electrons. The van der Waals surface area contributed by atoms with Crippen molar-refractivity contribution in [1.29, 1.82) is 5.26 Å². The molecule has 0 saturated carbocycles. The number of aromatic nitrogens is 2. The smallest absolute Gasteiger partial charge is 0.459 e. The first-order chi connectivity index (χ1) is 22.9. The second-order valence-electron chi connectivity index (χ2n) is 12.1. The Morgan fingerprint density at radius 2 is 1.83 bits per heavy atom. The number of nitrogens with one attached hydrogen (secondary N) is 2. The fourth-order valence-corrected chi connectivity index (χ4v) is 7.19. The van der Waals surface area contributed by atoms with Crippen molar-refractivity contribution in [1.82, 2.24) is 15.1 Å². The van der Waals surface area contributed by atoms with Gasteiger partial charge in [0.05, 0.1) is 36.5 Å². The largest absolute Gasteiger partial charge is 0.462 e. The van der Waals surface area contributed by atoms with Gasteiger partial charge in [0, 0.05) is 24.6 Å². The predicted molar refractivity (Wildman–Crippen MR) is 178 cm³/mol. The summed E-state index contributed by atoms with van der Waals surface area (Å²) in [5, 5.41) is 15.5. The number of aliphatic imine (C=N–C) groups is 1. The molecular weight excluding hydrogens is 662 g/mol. The number of alkyl halides is 1. The van der Waals surface area contributed by atoms with E-state index in [1.807, 2.05) is 30.3 Å². The molecule has 1 saturated heterocycles. The van der Waals surface area contributed by atoms with Gasteiger partial charge in [0.25, 0.3) is 0 Å². The summed E-state index contributed by atoms with van der Waals surface area (Å²) in [6.45, 7) is 6.41. The molecule has 2 aliphatic heterocycles. The van der Waals surface area contributed by atoms with E-state index in [4.69, 9.17) is 30.1 Å². The fourth-order valence-electron chi connectivity index (χ4n) is 5.52. The fraction of sp³-hybridized carbons (Fsp3) is 0.424. The third kappa shape index (κ3) is 8.02. The number of carbonyl (C=O) groups is 1. The van der Waals surface area contributed by atoms with Gasteiger partial charge in [-0.05, 0) is 50.1 Å². The number of nitrogens with zero attached hydrogens (tertiary/aromatic N) is 4. The Morgan fingerprint density at radius 1 is 1.15 bits per heavy atom. The SMILES string of the molecule is CC(C)OC(=O)[C@H](C)NP(=O)(OC[C@H]1O[C@@H](C2C=Nc3c(NCc4ccccc4)nc(Cl)nc32)C(F)C1(C)CC#N)Oc1ccccc1. The van der Waals surface area contributed by atoms with Gasteiger partial charge >= 0.3 is 13.7 Å². The minimum atomic E-state index is -4.30. The number of hydrogen-bond acceptors (Lipinski definition) is 11. The summed E-state index contributed by atoms with van der Waals surface area (Å²) >= 11 is 6.31. The number of fused-ring (bicyclic) bond motifs is 1. The number of halogens is 2. The molecule has 0 bridgehead atoms. The summed E-state index contributed by atoms with van der Waals surface area (Å²) in [4.78, 5) is 25.7. The molecule has 1 fully saturated rings.